The first-order valence-electron chi connectivity index (χ1n) is 8.25. The summed E-state index contributed by atoms with van der Waals surface area (Å²) < 4.78 is 16.2. The minimum absolute atomic E-state index is 0.113. The van der Waals surface area contributed by atoms with Crippen LogP contribution in [0.25, 0.3) is 11.5 Å². The maximum atomic E-state index is 12.1. The van der Waals surface area contributed by atoms with Gasteiger partial charge in [-0.2, -0.15) is 0 Å². The van der Waals surface area contributed by atoms with Gasteiger partial charge < -0.3 is 19.2 Å². The number of hydrogen-bond donors (Lipinski definition) is 1. The molecule has 0 saturated carbocycles. The first-order chi connectivity index (χ1) is 13.5. The highest BCUT2D eigenvalue weighted by Crippen LogP contribution is 2.33. The van der Waals surface area contributed by atoms with Gasteiger partial charge in [0.15, 0.2) is 0 Å². The van der Waals surface area contributed by atoms with Gasteiger partial charge in [-0.15, -0.1) is 10.2 Å². The largest absolute Gasteiger partial charge is 0.497 e. The number of aromatic nitrogens is 2. The summed E-state index contributed by atoms with van der Waals surface area (Å²) in [6.45, 7) is 1.90. The number of hydrogen-bond acceptors (Lipinski definition) is 7. The van der Waals surface area contributed by atoms with E-state index in [9.17, 15) is 4.79 Å². The fourth-order valence-corrected chi connectivity index (χ4v) is 3.10. The summed E-state index contributed by atoms with van der Waals surface area (Å²) in [7, 11) is 3.12. The van der Waals surface area contributed by atoms with Gasteiger partial charge in [0.05, 0.1) is 25.5 Å². The van der Waals surface area contributed by atoms with E-state index in [1.807, 2.05) is 13.0 Å². The maximum Gasteiger partial charge on any atom is 0.277 e. The third kappa shape index (κ3) is 4.76. The summed E-state index contributed by atoms with van der Waals surface area (Å²) in [5.41, 5.74) is 2.19. The van der Waals surface area contributed by atoms with Gasteiger partial charge in [0, 0.05) is 10.7 Å². The highest BCUT2D eigenvalue weighted by molar-refractivity contribution is 7.99. The Kier molecular flexibility index (Phi) is 6.43. The number of benzene rings is 2. The lowest BCUT2D eigenvalue weighted by molar-refractivity contribution is -0.113. The van der Waals surface area contributed by atoms with E-state index in [1.54, 1.807) is 44.6 Å². The second-order valence-electron chi connectivity index (χ2n) is 5.74. The Labute approximate surface area is 171 Å². The number of rotatable bonds is 7. The van der Waals surface area contributed by atoms with E-state index in [-0.39, 0.29) is 22.8 Å². The molecule has 1 aromatic heterocycles. The Morgan fingerprint density at radius 3 is 2.71 bits per heavy atom. The standard InChI is InChI=1S/C19H18ClN3O4S/c1-11-4-5-12(8-15(11)20)21-17(24)10-28-19-23-22-18(27-19)14-9-13(25-2)6-7-16(14)26-3/h4-9H,10H2,1-3H3,(H,21,24). The fourth-order valence-electron chi connectivity index (χ4n) is 2.35. The molecule has 0 fully saturated rings. The van der Waals surface area contributed by atoms with Crippen LogP contribution < -0.4 is 14.8 Å². The van der Waals surface area contributed by atoms with Crippen LogP contribution in [-0.4, -0.2) is 36.1 Å². The minimum atomic E-state index is -0.205. The van der Waals surface area contributed by atoms with E-state index < -0.39 is 0 Å². The molecule has 0 saturated heterocycles. The molecule has 28 heavy (non-hydrogen) atoms. The van der Waals surface area contributed by atoms with Crippen molar-refractivity contribution in [1.29, 1.82) is 0 Å². The lowest BCUT2D eigenvalue weighted by Crippen LogP contribution is -2.14. The smallest absolute Gasteiger partial charge is 0.277 e. The maximum absolute atomic E-state index is 12.1. The SMILES string of the molecule is COc1ccc(OC)c(-c2nnc(SCC(=O)Nc3ccc(C)c(Cl)c3)o2)c1. The molecule has 0 atom stereocenters. The Morgan fingerprint density at radius 2 is 2.00 bits per heavy atom. The number of aryl methyl sites for hydroxylation is 1. The van der Waals surface area contributed by atoms with E-state index in [0.29, 0.717) is 27.8 Å². The van der Waals surface area contributed by atoms with Crippen LogP contribution in [0, 0.1) is 6.92 Å². The van der Waals surface area contributed by atoms with Gasteiger partial charge in [-0.3, -0.25) is 4.79 Å². The normalized spacial score (nSPS) is 10.6. The summed E-state index contributed by atoms with van der Waals surface area (Å²) in [5.74, 6) is 1.41. The number of carbonyl (C=O) groups excluding carboxylic acids is 1. The van der Waals surface area contributed by atoms with E-state index in [1.165, 1.54) is 0 Å². The number of amides is 1. The predicted octanol–water partition coefficient (Wildman–Crippen LogP) is 4.45. The number of thioether (sulfide) groups is 1. The molecule has 0 radical (unpaired) electrons. The zero-order valence-electron chi connectivity index (χ0n) is 15.5. The van der Waals surface area contributed by atoms with Crippen molar-refractivity contribution < 1.29 is 18.7 Å². The summed E-state index contributed by atoms with van der Waals surface area (Å²) in [5, 5.41) is 11.7. The summed E-state index contributed by atoms with van der Waals surface area (Å²) in [6.07, 6.45) is 0. The lowest BCUT2D eigenvalue weighted by Gasteiger charge is -2.07. The molecule has 1 N–H and O–H groups in total. The van der Waals surface area contributed by atoms with Crippen LogP contribution in [0.3, 0.4) is 0 Å². The molecule has 0 aliphatic heterocycles. The Hall–Kier alpha value is -2.71. The summed E-state index contributed by atoms with van der Waals surface area (Å²) >= 11 is 7.21. The molecule has 7 nitrogen and oxygen atoms in total. The average Bonchev–Trinajstić information content (AvgIpc) is 3.17. The first kappa shape index (κ1) is 20.0. The second kappa shape index (κ2) is 8.99. The van der Waals surface area contributed by atoms with Crippen molar-refractivity contribution in [3.05, 3.63) is 47.0 Å². The molecule has 0 aliphatic carbocycles. The molecule has 0 aliphatic rings. The van der Waals surface area contributed by atoms with Crippen molar-refractivity contribution in [2.45, 2.75) is 12.1 Å². The lowest BCUT2D eigenvalue weighted by atomic mass is 10.2. The van der Waals surface area contributed by atoms with Gasteiger partial charge in [-0.1, -0.05) is 29.4 Å². The number of nitrogens with zero attached hydrogens (tertiary/aromatic N) is 2. The third-order valence-electron chi connectivity index (χ3n) is 3.83. The molecule has 1 amide bonds. The van der Waals surface area contributed by atoms with Crippen molar-refractivity contribution in [2.24, 2.45) is 0 Å². The Morgan fingerprint density at radius 1 is 1.18 bits per heavy atom. The topological polar surface area (TPSA) is 86.5 Å². The minimum Gasteiger partial charge on any atom is -0.497 e. The van der Waals surface area contributed by atoms with Crippen molar-refractivity contribution in [2.75, 3.05) is 25.3 Å². The van der Waals surface area contributed by atoms with Crippen molar-refractivity contribution >= 4 is 35.0 Å². The monoisotopic (exact) mass is 419 g/mol. The quantitative estimate of drug-likeness (QED) is 0.566. The highest BCUT2D eigenvalue weighted by Gasteiger charge is 2.16. The van der Waals surface area contributed by atoms with E-state index in [4.69, 9.17) is 25.5 Å². The molecule has 0 bridgehead atoms. The zero-order valence-corrected chi connectivity index (χ0v) is 17.1. The fraction of sp³-hybridized carbons (Fsp3) is 0.211. The molecule has 9 heteroatoms. The molecule has 2 aromatic carbocycles. The van der Waals surface area contributed by atoms with Crippen molar-refractivity contribution in [3.8, 4) is 23.0 Å². The first-order valence-corrected chi connectivity index (χ1v) is 9.61. The molecular weight excluding hydrogens is 402 g/mol. The summed E-state index contributed by atoms with van der Waals surface area (Å²) in [4.78, 5) is 12.1. The van der Waals surface area contributed by atoms with Crippen LogP contribution in [0.2, 0.25) is 5.02 Å². The van der Waals surface area contributed by atoms with Crippen LogP contribution in [-0.2, 0) is 4.79 Å². The van der Waals surface area contributed by atoms with E-state index in [0.717, 1.165) is 17.3 Å². The van der Waals surface area contributed by atoms with Gasteiger partial charge >= 0.3 is 0 Å². The molecule has 3 aromatic rings. The Bertz CT molecular complexity index is 993. The molecule has 1 heterocycles. The molecular formula is C19H18ClN3O4S. The highest BCUT2D eigenvalue weighted by atomic mass is 35.5. The van der Waals surface area contributed by atoms with Crippen LogP contribution in [0.5, 0.6) is 11.5 Å². The number of methoxy groups -OCH3 is 2. The number of anilines is 1. The summed E-state index contributed by atoms with van der Waals surface area (Å²) in [6, 6.07) is 10.6. The average molecular weight is 420 g/mol. The second-order valence-corrected chi connectivity index (χ2v) is 7.07. The van der Waals surface area contributed by atoms with E-state index in [2.05, 4.69) is 15.5 Å². The van der Waals surface area contributed by atoms with Crippen LogP contribution >= 0.6 is 23.4 Å². The van der Waals surface area contributed by atoms with E-state index >= 15 is 0 Å². The zero-order chi connectivity index (χ0) is 20.1. The van der Waals surface area contributed by atoms with Crippen molar-refractivity contribution in [1.82, 2.24) is 10.2 Å². The number of carbonyl (C=O) groups is 1. The predicted molar refractivity (Wildman–Crippen MR) is 108 cm³/mol. The molecule has 146 valence electrons. The molecule has 3 rings (SSSR count). The van der Waals surface area contributed by atoms with Crippen LogP contribution in [0.4, 0.5) is 5.69 Å². The Balaban J connectivity index is 1.65. The number of nitrogens with one attached hydrogen (secondary N) is 1. The van der Waals surface area contributed by atoms with Gasteiger partial charge in [0.25, 0.3) is 11.1 Å². The molecule has 0 unspecified atom stereocenters. The third-order valence-corrected chi connectivity index (χ3v) is 5.05. The van der Waals surface area contributed by atoms with Crippen LogP contribution in [0.1, 0.15) is 5.56 Å². The van der Waals surface area contributed by atoms with Crippen LogP contribution in [0.15, 0.2) is 46.0 Å². The van der Waals surface area contributed by atoms with Crippen molar-refractivity contribution in [3.63, 3.8) is 0 Å². The van der Waals surface area contributed by atoms with Gasteiger partial charge in [0.1, 0.15) is 11.5 Å². The van der Waals surface area contributed by atoms with Gasteiger partial charge in [0.2, 0.25) is 5.91 Å². The number of halogens is 1. The molecule has 0 spiro atoms. The van der Waals surface area contributed by atoms with Gasteiger partial charge in [-0.25, -0.2) is 0 Å². The van der Waals surface area contributed by atoms with Gasteiger partial charge in [-0.05, 0) is 42.8 Å². The number of ether oxygens (including phenoxy) is 2.